The van der Waals surface area contributed by atoms with Crippen LogP contribution in [0.2, 0.25) is 0 Å². The molecule has 0 unspecified atom stereocenters. The van der Waals surface area contributed by atoms with Gasteiger partial charge in [0.05, 0.1) is 11.8 Å². The molecule has 0 aromatic rings. The summed E-state index contributed by atoms with van der Waals surface area (Å²) in [6.45, 7) is 4.65. The molecule has 7 nitrogen and oxygen atoms in total. The predicted octanol–water partition coefficient (Wildman–Crippen LogP) is 0.618. The Labute approximate surface area is 135 Å². The summed E-state index contributed by atoms with van der Waals surface area (Å²) in [6.07, 6.45) is 3.26. The van der Waals surface area contributed by atoms with Crippen molar-refractivity contribution in [2.24, 2.45) is 11.8 Å². The van der Waals surface area contributed by atoms with Crippen LogP contribution in [0.15, 0.2) is 0 Å². The number of fused-ring (bicyclic) bond motifs is 1. The molecule has 1 saturated carbocycles. The summed E-state index contributed by atoms with van der Waals surface area (Å²) in [5.41, 5.74) is 0. The second kappa shape index (κ2) is 7.10. The summed E-state index contributed by atoms with van der Waals surface area (Å²) in [7, 11) is 0. The molecule has 3 atom stereocenters. The van der Waals surface area contributed by atoms with Crippen molar-refractivity contribution < 1.29 is 23.9 Å². The van der Waals surface area contributed by atoms with E-state index in [9.17, 15) is 19.2 Å². The Hall–Kier alpha value is -1.92. The van der Waals surface area contributed by atoms with Gasteiger partial charge in [0, 0.05) is 6.04 Å². The minimum absolute atomic E-state index is 0.0523. The van der Waals surface area contributed by atoms with E-state index in [-0.39, 0.29) is 29.7 Å². The number of amides is 3. The molecule has 0 bridgehead atoms. The van der Waals surface area contributed by atoms with Crippen molar-refractivity contribution in [3.8, 4) is 0 Å². The highest BCUT2D eigenvalue weighted by molar-refractivity contribution is 6.07. The van der Waals surface area contributed by atoms with Gasteiger partial charge >= 0.3 is 5.97 Å². The fourth-order valence-electron chi connectivity index (χ4n) is 3.30. The number of rotatable bonds is 5. The average molecular weight is 324 g/mol. The maximum absolute atomic E-state index is 12.4. The van der Waals surface area contributed by atoms with Gasteiger partial charge < -0.3 is 10.1 Å². The average Bonchev–Trinajstić information content (AvgIpc) is 2.75. The highest BCUT2D eigenvalue weighted by Gasteiger charge is 2.51. The van der Waals surface area contributed by atoms with Gasteiger partial charge in [-0.3, -0.25) is 19.3 Å². The number of hydrogen-bond acceptors (Lipinski definition) is 5. The van der Waals surface area contributed by atoms with Crippen LogP contribution >= 0.6 is 0 Å². The van der Waals surface area contributed by atoms with Crippen molar-refractivity contribution in [1.29, 1.82) is 0 Å². The number of carbonyl (C=O) groups excluding carboxylic acids is 4. The van der Waals surface area contributed by atoms with Crippen LogP contribution in [0.3, 0.4) is 0 Å². The van der Waals surface area contributed by atoms with Crippen LogP contribution in [0.4, 0.5) is 0 Å². The van der Waals surface area contributed by atoms with Crippen molar-refractivity contribution >= 4 is 23.7 Å². The van der Waals surface area contributed by atoms with E-state index in [1.807, 2.05) is 0 Å². The molecular formula is C16H24N2O5. The standard InChI is InChI=1S/C16H24N2O5/c1-9(2)17-13(19)8-23-16(22)10(3)18-14(20)11-6-4-5-7-12(11)15(18)21/h9-12H,4-8H2,1-3H3,(H,17,19)/t10-,11+,12+/m0/s1. The van der Waals surface area contributed by atoms with Crippen LogP contribution < -0.4 is 5.32 Å². The molecule has 2 rings (SSSR count). The topological polar surface area (TPSA) is 92.8 Å². The Morgan fingerprint density at radius 2 is 1.65 bits per heavy atom. The van der Waals surface area contributed by atoms with Crippen LogP contribution in [0, 0.1) is 11.8 Å². The lowest BCUT2D eigenvalue weighted by Gasteiger charge is -2.21. The molecule has 1 aliphatic heterocycles. The van der Waals surface area contributed by atoms with Gasteiger partial charge in [-0.2, -0.15) is 0 Å². The van der Waals surface area contributed by atoms with Crippen LogP contribution in [0.25, 0.3) is 0 Å². The van der Waals surface area contributed by atoms with Gasteiger partial charge in [-0.25, -0.2) is 4.79 Å². The van der Waals surface area contributed by atoms with E-state index in [0.29, 0.717) is 12.8 Å². The smallest absolute Gasteiger partial charge is 0.329 e. The predicted molar refractivity (Wildman–Crippen MR) is 81.0 cm³/mol. The third-order valence-corrected chi connectivity index (χ3v) is 4.40. The number of carbonyl (C=O) groups is 4. The Morgan fingerprint density at radius 1 is 1.13 bits per heavy atom. The zero-order valence-corrected chi connectivity index (χ0v) is 13.8. The van der Waals surface area contributed by atoms with Crippen molar-refractivity contribution in [3.05, 3.63) is 0 Å². The summed E-state index contributed by atoms with van der Waals surface area (Å²) in [4.78, 5) is 49.4. The third kappa shape index (κ3) is 3.71. The minimum Gasteiger partial charge on any atom is -0.454 e. The Morgan fingerprint density at radius 3 is 2.13 bits per heavy atom. The first kappa shape index (κ1) is 17.4. The second-order valence-corrected chi connectivity index (χ2v) is 6.55. The van der Waals surface area contributed by atoms with Gasteiger partial charge in [-0.15, -0.1) is 0 Å². The normalized spacial score (nSPS) is 25.3. The molecule has 2 fully saturated rings. The van der Waals surface area contributed by atoms with Gasteiger partial charge in [-0.05, 0) is 33.6 Å². The second-order valence-electron chi connectivity index (χ2n) is 6.55. The molecule has 1 N–H and O–H groups in total. The molecule has 1 heterocycles. The van der Waals surface area contributed by atoms with Gasteiger partial charge in [0.1, 0.15) is 6.04 Å². The lowest BCUT2D eigenvalue weighted by atomic mass is 9.81. The van der Waals surface area contributed by atoms with Crippen LogP contribution in [-0.4, -0.2) is 47.3 Å². The number of ether oxygens (including phenoxy) is 1. The van der Waals surface area contributed by atoms with Crippen molar-refractivity contribution in [1.82, 2.24) is 10.2 Å². The first-order chi connectivity index (χ1) is 10.8. The van der Waals surface area contributed by atoms with Crippen molar-refractivity contribution in [2.45, 2.75) is 58.5 Å². The highest BCUT2D eigenvalue weighted by atomic mass is 16.5. The van der Waals surface area contributed by atoms with Gasteiger partial charge in [0.2, 0.25) is 11.8 Å². The van der Waals surface area contributed by atoms with E-state index in [2.05, 4.69) is 5.32 Å². The largest absolute Gasteiger partial charge is 0.454 e. The van der Waals surface area contributed by atoms with Crippen LogP contribution in [-0.2, 0) is 23.9 Å². The molecule has 0 aromatic heterocycles. The lowest BCUT2D eigenvalue weighted by molar-refractivity contribution is -0.159. The first-order valence-corrected chi connectivity index (χ1v) is 8.15. The van der Waals surface area contributed by atoms with Crippen molar-refractivity contribution in [2.75, 3.05) is 6.61 Å². The maximum atomic E-state index is 12.4. The SMILES string of the molecule is CC(C)NC(=O)COC(=O)[C@H](C)N1C(=O)[C@@H]2CCCC[C@H]2C1=O. The summed E-state index contributed by atoms with van der Waals surface area (Å²) in [6, 6.07) is -1.05. The molecule has 1 aliphatic carbocycles. The van der Waals surface area contributed by atoms with E-state index in [4.69, 9.17) is 4.74 Å². The van der Waals surface area contributed by atoms with Crippen LogP contribution in [0.5, 0.6) is 0 Å². The number of imide groups is 1. The lowest BCUT2D eigenvalue weighted by Crippen LogP contribution is -2.45. The third-order valence-electron chi connectivity index (χ3n) is 4.40. The zero-order chi connectivity index (χ0) is 17.1. The number of likely N-dealkylation sites (tertiary alicyclic amines) is 1. The first-order valence-electron chi connectivity index (χ1n) is 8.15. The number of nitrogens with one attached hydrogen (secondary N) is 1. The summed E-state index contributed by atoms with van der Waals surface area (Å²) in [5.74, 6) is -2.30. The van der Waals surface area contributed by atoms with E-state index in [1.54, 1.807) is 13.8 Å². The number of esters is 1. The van der Waals surface area contributed by atoms with Gasteiger partial charge in [0.25, 0.3) is 5.91 Å². The number of nitrogens with zero attached hydrogens (tertiary/aromatic N) is 1. The fraction of sp³-hybridized carbons (Fsp3) is 0.750. The molecule has 1 saturated heterocycles. The molecule has 7 heteroatoms. The molecule has 0 aromatic carbocycles. The Kier molecular flexibility index (Phi) is 5.38. The molecule has 0 spiro atoms. The van der Waals surface area contributed by atoms with E-state index in [1.165, 1.54) is 6.92 Å². The number of hydrogen-bond donors (Lipinski definition) is 1. The van der Waals surface area contributed by atoms with E-state index >= 15 is 0 Å². The van der Waals surface area contributed by atoms with Gasteiger partial charge in [-0.1, -0.05) is 12.8 Å². The zero-order valence-electron chi connectivity index (χ0n) is 13.8. The van der Waals surface area contributed by atoms with Crippen LogP contribution in [0.1, 0.15) is 46.5 Å². The monoisotopic (exact) mass is 324 g/mol. The summed E-state index contributed by atoms with van der Waals surface area (Å²) >= 11 is 0. The van der Waals surface area contributed by atoms with Crippen molar-refractivity contribution in [3.63, 3.8) is 0 Å². The Balaban J connectivity index is 1.95. The maximum Gasteiger partial charge on any atom is 0.329 e. The molecule has 23 heavy (non-hydrogen) atoms. The molecule has 3 amide bonds. The molecule has 2 aliphatic rings. The van der Waals surface area contributed by atoms with Gasteiger partial charge in [0.15, 0.2) is 6.61 Å². The quantitative estimate of drug-likeness (QED) is 0.591. The highest BCUT2D eigenvalue weighted by Crippen LogP contribution is 2.38. The molecule has 0 radical (unpaired) electrons. The van der Waals surface area contributed by atoms with E-state index < -0.39 is 24.5 Å². The molecule has 128 valence electrons. The Bertz CT molecular complexity index is 493. The van der Waals surface area contributed by atoms with E-state index in [0.717, 1.165) is 17.7 Å². The summed E-state index contributed by atoms with van der Waals surface area (Å²) in [5, 5.41) is 2.60. The minimum atomic E-state index is -0.993. The molecular weight excluding hydrogens is 300 g/mol. The fourth-order valence-corrected chi connectivity index (χ4v) is 3.30. The summed E-state index contributed by atoms with van der Waals surface area (Å²) < 4.78 is 4.93.